The van der Waals surface area contributed by atoms with E-state index in [2.05, 4.69) is 24.1 Å². The molecule has 0 aliphatic carbocycles. The van der Waals surface area contributed by atoms with E-state index in [0.29, 0.717) is 58.8 Å². The minimum atomic E-state index is -0.295. The van der Waals surface area contributed by atoms with Crippen LogP contribution in [0.3, 0.4) is 0 Å². The second-order valence-corrected chi connectivity index (χ2v) is 11.4. The van der Waals surface area contributed by atoms with E-state index in [1.165, 1.54) is 0 Å². The zero-order valence-electron chi connectivity index (χ0n) is 23.9. The smallest absolute Gasteiger partial charge is 0.240 e. The summed E-state index contributed by atoms with van der Waals surface area (Å²) in [5, 5.41) is 3.34. The standard InChI is InChI=1S/C31H42N4O5/c1-22(2)15-30(36)35(20-23-5-4-6-26(16-23)38-3)25-18-27(31(37)33-11-9-32-10-12-33)34(21-25)19-24-7-8-28-29(17-24)40-14-13-39-28/h4-8,16-17,22,25,27,32H,9-15,18-21H2,1-3H3. The Morgan fingerprint density at radius 2 is 1.82 bits per heavy atom. The molecule has 216 valence electrons. The predicted molar refractivity (Wildman–Crippen MR) is 152 cm³/mol. The van der Waals surface area contributed by atoms with E-state index in [0.717, 1.165) is 41.5 Å². The molecule has 9 nitrogen and oxygen atoms in total. The topological polar surface area (TPSA) is 83.6 Å². The van der Waals surface area contributed by atoms with Crippen LogP contribution in [0, 0.1) is 5.92 Å². The minimum absolute atomic E-state index is 0.0773. The predicted octanol–water partition coefficient (Wildman–Crippen LogP) is 2.92. The molecule has 2 aromatic rings. The number of carbonyl (C=O) groups is 2. The average molecular weight is 551 g/mol. The average Bonchev–Trinajstić information content (AvgIpc) is 3.38. The van der Waals surface area contributed by atoms with Crippen molar-refractivity contribution in [1.29, 1.82) is 0 Å². The van der Waals surface area contributed by atoms with Gasteiger partial charge in [-0.1, -0.05) is 32.0 Å². The number of likely N-dealkylation sites (tertiary alicyclic amines) is 1. The van der Waals surface area contributed by atoms with Gasteiger partial charge in [-0.3, -0.25) is 14.5 Å². The van der Waals surface area contributed by atoms with E-state index in [1.54, 1.807) is 7.11 Å². The molecule has 2 unspecified atom stereocenters. The van der Waals surface area contributed by atoms with Crippen LogP contribution in [0.25, 0.3) is 0 Å². The van der Waals surface area contributed by atoms with Gasteiger partial charge in [0.1, 0.15) is 19.0 Å². The maximum atomic E-state index is 13.9. The van der Waals surface area contributed by atoms with Gasteiger partial charge in [0.15, 0.2) is 11.5 Å². The lowest BCUT2D eigenvalue weighted by Crippen LogP contribution is -2.52. The molecule has 3 aliphatic rings. The fourth-order valence-electron chi connectivity index (χ4n) is 5.91. The molecule has 2 atom stereocenters. The van der Waals surface area contributed by atoms with Crippen molar-refractivity contribution in [3.63, 3.8) is 0 Å². The molecule has 1 N–H and O–H groups in total. The van der Waals surface area contributed by atoms with E-state index >= 15 is 0 Å². The number of hydrogen-bond acceptors (Lipinski definition) is 7. The first-order valence-corrected chi connectivity index (χ1v) is 14.5. The summed E-state index contributed by atoms with van der Waals surface area (Å²) in [7, 11) is 1.65. The summed E-state index contributed by atoms with van der Waals surface area (Å²) in [6, 6.07) is 13.5. The van der Waals surface area contributed by atoms with Crippen molar-refractivity contribution >= 4 is 11.8 Å². The van der Waals surface area contributed by atoms with Crippen molar-refractivity contribution < 1.29 is 23.8 Å². The van der Waals surface area contributed by atoms with Gasteiger partial charge in [-0.05, 0) is 47.7 Å². The Labute approximate surface area is 237 Å². The molecule has 2 fully saturated rings. The van der Waals surface area contributed by atoms with Gasteiger partial charge in [0.25, 0.3) is 0 Å². The van der Waals surface area contributed by atoms with Crippen molar-refractivity contribution in [2.45, 2.75) is 51.9 Å². The van der Waals surface area contributed by atoms with Gasteiger partial charge in [0, 0.05) is 58.3 Å². The molecule has 0 spiro atoms. The summed E-state index contributed by atoms with van der Waals surface area (Å²) in [5.41, 5.74) is 2.09. The number of amides is 2. The minimum Gasteiger partial charge on any atom is -0.497 e. The Morgan fingerprint density at radius 1 is 1.05 bits per heavy atom. The van der Waals surface area contributed by atoms with E-state index in [4.69, 9.17) is 14.2 Å². The van der Waals surface area contributed by atoms with Crippen LogP contribution in [-0.4, -0.2) is 91.6 Å². The van der Waals surface area contributed by atoms with Gasteiger partial charge in [-0.2, -0.15) is 0 Å². The number of nitrogens with zero attached hydrogens (tertiary/aromatic N) is 3. The number of rotatable bonds is 9. The summed E-state index contributed by atoms with van der Waals surface area (Å²) >= 11 is 0. The van der Waals surface area contributed by atoms with Gasteiger partial charge in [-0.25, -0.2) is 0 Å². The molecule has 2 aromatic carbocycles. The van der Waals surface area contributed by atoms with Crippen molar-refractivity contribution in [2.24, 2.45) is 5.92 Å². The van der Waals surface area contributed by atoms with Crippen molar-refractivity contribution in [3.8, 4) is 17.2 Å². The number of carbonyl (C=O) groups excluding carboxylic acids is 2. The molecule has 0 saturated carbocycles. The van der Waals surface area contributed by atoms with Crippen LogP contribution in [0.5, 0.6) is 17.2 Å². The van der Waals surface area contributed by atoms with Crippen LogP contribution in [0.1, 0.15) is 37.8 Å². The highest BCUT2D eigenvalue weighted by Gasteiger charge is 2.42. The van der Waals surface area contributed by atoms with Crippen LogP contribution < -0.4 is 19.5 Å². The van der Waals surface area contributed by atoms with Crippen molar-refractivity contribution in [2.75, 3.05) is 53.0 Å². The van der Waals surface area contributed by atoms with Gasteiger partial charge >= 0.3 is 0 Å². The first kappa shape index (κ1) is 28.2. The molecule has 9 heteroatoms. The molecule has 5 rings (SSSR count). The lowest BCUT2D eigenvalue weighted by molar-refractivity contribution is -0.137. The first-order valence-electron chi connectivity index (χ1n) is 14.5. The van der Waals surface area contributed by atoms with E-state index in [9.17, 15) is 9.59 Å². The van der Waals surface area contributed by atoms with Gasteiger partial charge in [0.2, 0.25) is 11.8 Å². The quantitative estimate of drug-likeness (QED) is 0.514. The largest absolute Gasteiger partial charge is 0.497 e. The third kappa shape index (κ3) is 6.70. The van der Waals surface area contributed by atoms with Crippen LogP contribution in [-0.2, 0) is 22.7 Å². The number of benzene rings is 2. The Balaban J connectivity index is 1.41. The molecular weight excluding hydrogens is 508 g/mol. The highest BCUT2D eigenvalue weighted by atomic mass is 16.6. The summed E-state index contributed by atoms with van der Waals surface area (Å²) in [6.45, 7) is 9.96. The zero-order chi connectivity index (χ0) is 28.1. The third-order valence-corrected chi connectivity index (χ3v) is 7.92. The Hall–Kier alpha value is -3.30. The number of hydrogen-bond donors (Lipinski definition) is 1. The van der Waals surface area contributed by atoms with Crippen LogP contribution in [0.2, 0.25) is 0 Å². The van der Waals surface area contributed by atoms with E-state index < -0.39 is 0 Å². The second-order valence-electron chi connectivity index (χ2n) is 11.4. The van der Waals surface area contributed by atoms with Gasteiger partial charge < -0.3 is 29.3 Å². The molecule has 0 aromatic heterocycles. The summed E-state index contributed by atoms with van der Waals surface area (Å²) in [5.74, 6) is 2.79. The fourth-order valence-corrected chi connectivity index (χ4v) is 5.91. The van der Waals surface area contributed by atoms with Gasteiger partial charge in [0.05, 0.1) is 13.2 Å². The van der Waals surface area contributed by atoms with Crippen LogP contribution in [0.4, 0.5) is 0 Å². The zero-order valence-corrected chi connectivity index (χ0v) is 23.9. The Bertz CT molecular complexity index is 1180. The summed E-state index contributed by atoms with van der Waals surface area (Å²) in [4.78, 5) is 33.8. The molecule has 2 amide bonds. The first-order chi connectivity index (χ1) is 19.4. The second kappa shape index (κ2) is 12.9. The summed E-state index contributed by atoms with van der Waals surface area (Å²) in [6.07, 6.45) is 1.08. The number of methoxy groups -OCH3 is 1. The molecule has 3 heterocycles. The fraction of sp³-hybridized carbons (Fsp3) is 0.548. The number of ether oxygens (including phenoxy) is 3. The lowest BCUT2D eigenvalue weighted by atomic mass is 10.0. The monoisotopic (exact) mass is 550 g/mol. The highest BCUT2D eigenvalue weighted by molar-refractivity contribution is 5.83. The SMILES string of the molecule is COc1cccc(CN(C(=O)CC(C)C)C2CC(C(=O)N3CCNCC3)N(Cc3ccc4c(c3)OCCO4)C2)c1. The number of nitrogens with one attached hydrogen (secondary N) is 1. The maximum absolute atomic E-state index is 13.9. The molecule has 40 heavy (non-hydrogen) atoms. The molecular formula is C31H42N4O5. The third-order valence-electron chi connectivity index (χ3n) is 7.92. The van der Waals surface area contributed by atoms with E-state index in [-0.39, 0.29) is 29.8 Å². The molecule has 0 bridgehead atoms. The molecule has 2 saturated heterocycles. The maximum Gasteiger partial charge on any atom is 0.240 e. The Kier molecular flexibility index (Phi) is 9.11. The van der Waals surface area contributed by atoms with Crippen molar-refractivity contribution in [1.82, 2.24) is 20.0 Å². The Morgan fingerprint density at radius 3 is 2.58 bits per heavy atom. The lowest BCUT2D eigenvalue weighted by Gasteiger charge is -2.33. The number of fused-ring (bicyclic) bond motifs is 1. The van der Waals surface area contributed by atoms with Crippen LogP contribution >= 0.6 is 0 Å². The molecule has 3 aliphatic heterocycles. The van der Waals surface area contributed by atoms with Crippen LogP contribution in [0.15, 0.2) is 42.5 Å². The highest BCUT2D eigenvalue weighted by Crippen LogP contribution is 2.33. The summed E-state index contributed by atoms with van der Waals surface area (Å²) < 4.78 is 17.0. The van der Waals surface area contributed by atoms with Crippen molar-refractivity contribution in [3.05, 3.63) is 53.6 Å². The van der Waals surface area contributed by atoms with Gasteiger partial charge in [-0.15, -0.1) is 0 Å². The number of piperazine rings is 1. The molecule has 0 radical (unpaired) electrons. The van der Waals surface area contributed by atoms with E-state index in [1.807, 2.05) is 52.3 Å². The normalized spacial score (nSPS) is 20.9.